The average Bonchev–Trinajstić information content (AvgIpc) is 3.28. The number of oxazole rings is 1. The first kappa shape index (κ1) is 22.2. The largest absolute Gasteiger partial charge is 0.497 e. The monoisotopic (exact) mass is 445 g/mol. The molecule has 0 aliphatic carbocycles. The molecule has 0 atom stereocenters. The lowest BCUT2D eigenvalue weighted by Crippen LogP contribution is -2.21. The lowest BCUT2D eigenvalue weighted by molar-refractivity contribution is 0.102. The van der Waals surface area contributed by atoms with Gasteiger partial charge in [0, 0.05) is 41.7 Å². The predicted octanol–water partition coefficient (Wildman–Crippen LogP) is 5.61. The molecule has 1 amide bonds. The van der Waals surface area contributed by atoms with Gasteiger partial charge in [0.15, 0.2) is 5.58 Å². The number of carbonyl (C=O) groups excluding carboxylic acids is 1. The van der Waals surface area contributed by atoms with Crippen LogP contribution in [0.2, 0.25) is 0 Å². The molecule has 1 N–H and O–H groups in total. The molecule has 1 aromatic heterocycles. The van der Waals surface area contributed by atoms with Crippen molar-refractivity contribution in [1.29, 1.82) is 0 Å². The summed E-state index contributed by atoms with van der Waals surface area (Å²) in [6.45, 7) is 6.18. The number of methoxy groups -OCH3 is 2. The summed E-state index contributed by atoms with van der Waals surface area (Å²) in [5.41, 5.74) is 4.43. The van der Waals surface area contributed by atoms with E-state index in [0.29, 0.717) is 39.7 Å². The lowest BCUT2D eigenvalue weighted by Gasteiger charge is -2.20. The van der Waals surface area contributed by atoms with Crippen LogP contribution in [-0.2, 0) is 0 Å². The van der Waals surface area contributed by atoms with E-state index in [1.54, 1.807) is 50.6 Å². The topological polar surface area (TPSA) is 76.8 Å². The molecule has 0 aliphatic rings. The highest BCUT2D eigenvalue weighted by atomic mass is 16.5. The summed E-state index contributed by atoms with van der Waals surface area (Å²) >= 11 is 0. The summed E-state index contributed by atoms with van der Waals surface area (Å²) in [4.78, 5) is 19.7. The molecule has 0 saturated heterocycles. The number of fused-ring (bicyclic) bond motifs is 1. The quantitative estimate of drug-likeness (QED) is 0.380. The zero-order valence-electron chi connectivity index (χ0n) is 19.2. The zero-order valence-corrected chi connectivity index (χ0v) is 19.2. The van der Waals surface area contributed by atoms with Crippen LogP contribution >= 0.6 is 0 Å². The lowest BCUT2D eigenvalue weighted by atomic mass is 10.1. The van der Waals surface area contributed by atoms with Crippen LogP contribution in [0.25, 0.3) is 22.6 Å². The van der Waals surface area contributed by atoms with Gasteiger partial charge in [-0.05, 0) is 68.4 Å². The van der Waals surface area contributed by atoms with Gasteiger partial charge < -0.3 is 24.1 Å². The third kappa shape index (κ3) is 4.77. The van der Waals surface area contributed by atoms with E-state index in [9.17, 15) is 4.79 Å². The molecule has 0 radical (unpaired) electrons. The number of nitrogens with one attached hydrogen (secondary N) is 1. The molecule has 0 saturated carbocycles. The van der Waals surface area contributed by atoms with E-state index in [4.69, 9.17) is 13.9 Å². The fourth-order valence-corrected chi connectivity index (χ4v) is 3.67. The third-order valence-electron chi connectivity index (χ3n) is 5.50. The highest BCUT2D eigenvalue weighted by Crippen LogP contribution is 2.28. The van der Waals surface area contributed by atoms with Gasteiger partial charge in [-0.15, -0.1) is 0 Å². The maximum atomic E-state index is 12.8. The molecular formula is C26H27N3O4. The molecule has 33 heavy (non-hydrogen) atoms. The van der Waals surface area contributed by atoms with Crippen molar-refractivity contribution in [2.24, 2.45) is 0 Å². The summed E-state index contributed by atoms with van der Waals surface area (Å²) in [7, 11) is 3.09. The Hall–Kier alpha value is -4.00. The van der Waals surface area contributed by atoms with Gasteiger partial charge in [-0.25, -0.2) is 4.98 Å². The Balaban J connectivity index is 1.55. The molecular weight excluding hydrogens is 418 g/mol. The van der Waals surface area contributed by atoms with Crippen molar-refractivity contribution in [2.45, 2.75) is 13.8 Å². The molecule has 0 aliphatic heterocycles. The van der Waals surface area contributed by atoms with E-state index in [2.05, 4.69) is 41.2 Å². The Labute approximate surface area is 192 Å². The van der Waals surface area contributed by atoms with Gasteiger partial charge in [-0.2, -0.15) is 0 Å². The minimum absolute atomic E-state index is 0.276. The number of aromatic nitrogens is 1. The predicted molar refractivity (Wildman–Crippen MR) is 131 cm³/mol. The third-order valence-corrected chi connectivity index (χ3v) is 5.50. The summed E-state index contributed by atoms with van der Waals surface area (Å²) in [6, 6.07) is 18.6. The molecule has 1 heterocycles. The second-order valence-corrected chi connectivity index (χ2v) is 7.48. The number of benzene rings is 3. The first-order chi connectivity index (χ1) is 16.0. The first-order valence-corrected chi connectivity index (χ1v) is 10.8. The van der Waals surface area contributed by atoms with Crippen LogP contribution < -0.4 is 19.7 Å². The summed E-state index contributed by atoms with van der Waals surface area (Å²) in [6.07, 6.45) is 0. The number of amides is 1. The first-order valence-electron chi connectivity index (χ1n) is 10.8. The fraction of sp³-hybridized carbons (Fsp3) is 0.231. The molecule has 0 spiro atoms. The van der Waals surface area contributed by atoms with E-state index >= 15 is 0 Å². The molecule has 4 rings (SSSR count). The number of ether oxygens (including phenoxy) is 2. The van der Waals surface area contributed by atoms with E-state index in [0.717, 1.165) is 18.7 Å². The van der Waals surface area contributed by atoms with Gasteiger partial charge in [0.25, 0.3) is 5.91 Å². The van der Waals surface area contributed by atoms with E-state index in [1.807, 2.05) is 12.1 Å². The summed E-state index contributed by atoms with van der Waals surface area (Å²) in [5, 5.41) is 2.90. The van der Waals surface area contributed by atoms with Crippen molar-refractivity contribution in [2.75, 3.05) is 37.5 Å². The van der Waals surface area contributed by atoms with Crippen molar-refractivity contribution in [1.82, 2.24) is 4.98 Å². The average molecular weight is 446 g/mol. The Morgan fingerprint density at radius 2 is 1.61 bits per heavy atom. The number of nitrogens with zero attached hydrogens (tertiary/aromatic N) is 2. The SMILES string of the molecule is CCN(CC)c1ccc(-c2nc3cc(NC(=O)c4cc(OC)cc(OC)c4)ccc3o2)cc1. The van der Waals surface area contributed by atoms with Gasteiger partial charge in [-0.1, -0.05) is 0 Å². The van der Waals surface area contributed by atoms with Crippen LogP contribution in [0, 0.1) is 0 Å². The van der Waals surface area contributed by atoms with Crippen LogP contribution in [0.4, 0.5) is 11.4 Å². The number of carbonyl (C=O) groups is 1. The number of hydrogen-bond donors (Lipinski definition) is 1. The van der Waals surface area contributed by atoms with Gasteiger partial charge >= 0.3 is 0 Å². The maximum Gasteiger partial charge on any atom is 0.255 e. The highest BCUT2D eigenvalue weighted by Gasteiger charge is 2.13. The van der Waals surface area contributed by atoms with Crippen molar-refractivity contribution in [3.05, 3.63) is 66.2 Å². The van der Waals surface area contributed by atoms with Gasteiger partial charge in [0.2, 0.25) is 5.89 Å². The van der Waals surface area contributed by atoms with Crippen molar-refractivity contribution in [3.8, 4) is 23.0 Å². The summed E-state index contributed by atoms with van der Waals surface area (Å²) in [5.74, 6) is 1.35. The fourth-order valence-electron chi connectivity index (χ4n) is 3.67. The number of anilines is 2. The Bertz CT molecular complexity index is 1240. The number of hydrogen-bond acceptors (Lipinski definition) is 6. The number of rotatable bonds is 8. The molecule has 7 heteroatoms. The second kappa shape index (κ2) is 9.65. The van der Waals surface area contributed by atoms with Crippen molar-refractivity contribution in [3.63, 3.8) is 0 Å². The molecule has 4 aromatic rings. The minimum atomic E-state index is -0.276. The molecule has 0 bridgehead atoms. The van der Waals surface area contributed by atoms with Gasteiger partial charge in [0.1, 0.15) is 17.0 Å². The van der Waals surface area contributed by atoms with E-state index < -0.39 is 0 Å². The van der Waals surface area contributed by atoms with Gasteiger partial charge in [-0.3, -0.25) is 4.79 Å². The smallest absolute Gasteiger partial charge is 0.255 e. The second-order valence-electron chi connectivity index (χ2n) is 7.48. The zero-order chi connectivity index (χ0) is 23.4. The Morgan fingerprint density at radius 3 is 2.21 bits per heavy atom. The van der Waals surface area contributed by atoms with E-state index in [1.165, 1.54) is 5.69 Å². The van der Waals surface area contributed by atoms with E-state index in [-0.39, 0.29) is 5.91 Å². The Kier molecular flexibility index (Phi) is 6.49. The van der Waals surface area contributed by atoms with Gasteiger partial charge in [0.05, 0.1) is 14.2 Å². The molecule has 7 nitrogen and oxygen atoms in total. The molecule has 0 unspecified atom stereocenters. The minimum Gasteiger partial charge on any atom is -0.497 e. The Morgan fingerprint density at radius 1 is 0.939 bits per heavy atom. The molecule has 3 aromatic carbocycles. The van der Waals surface area contributed by atoms with Crippen LogP contribution in [0.5, 0.6) is 11.5 Å². The van der Waals surface area contributed by atoms with Crippen LogP contribution in [0.3, 0.4) is 0 Å². The standard InChI is InChI=1S/C26H27N3O4/c1-5-29(6-2)20-10-7-17(8-11-20)26-28-23-15-19(9-12-24(23)33-26)27-25(30)18-13-21(31-3)16-22(14-18)32-4/h7-16H,5-6H2,1-4H3,(H,27,30). The van der Waals surface area contributed by atoms with Crippen molar-refractivity contribution >= 4 is 28.4 Å². The highest BCUT2D eigenvalue weighted by molar-refractivity contribution is 6.05. The van der Waals surface area contributed by atoms with Crippen LogP contribution in [0.1, 0.15) is 24.2 Å². The molecule has 170 valence electrons. The van der Waals surface area contributed by atoms with Crippen molar-refractivity contribution < 1.29 is 18.7 Å². The summed E-state index contributed by atoms with van der Waals surface area (Å²) < 4.78 is 16.4. The van der Waals surface area contributed by atoms with Crippen LogP contribution in [-0.4, -0.2) is 38.2 Å². The van der Waals surface area contributed by atoms with Crippen LogP contribution in [0.15, 0.2) is 65.1 Å². The normalized spacial score (nSPS) is 10.8. The maximum absolute atomic E-state index is 12.8. The molecule has 0 fully saturated rings.